The van der Waals surface area contributed by atoms with Crippen molar-refractivity contribution in [1.82, 2.24) is 26.6 Å². The van der Waals surface area contributed by atoms with Crippen LogP contribution in [-0.2, 0) is 36.8 Å². The first-order valence-corrected chi connectivity index (χ1v) is 41.4. The molecule has 0 spiro atoms. The van der Waals surface area contributed by atoms with Gasteiger partial charge in [-0.25, -0.2) is 0 Å². The molecule has 25 nitrogen and oxygen atoms in total. The molecule has 7 aromatic carbocycles. The van der Waals surface area contributed by atoms with Gasteiger partial charge < -0.3 is 75.8 Å². The third-order valence-corrected chi connectivity index (χ3v) is 23.7. The summed E-state index contributed by atoms with van der Waals surface area (Å²) >= 11 is 0. The van der Waals surface area contributed by atoms with E-state index < -0.39 is 88.7 Å². The van der Waals surface area contributed by atoms with Crippen LogP contribution in [0.4, 0.5) is 0 Å². The van der Waals surface area contributed by atoms with Crippen LogP contribution in [0.15, 0.2) is 264 Å². The van der Waals surface area contributed by atoms with E-state index in [0.29, 0.717) is 88.4 Å². The number of aliphatic hydroxyl groups is 5. The zero-order valence-electron chi connectivity index (χ0n) is 71.0. The van der Waals surface area contributed by atoms with Crippen molar-refractivity contribution in [3.63, 3.8) is 0 Å². The minimum absolute atomic E-state index is 0.0329. The number of benzene rings is 7. The van der Waals surface area contributed by atoms with Gasteiger partial charge in [0.25, 0.3) is 0 Å². The highest BCUT2D eigenvalue weighted by molar-refractivity contribution is 6.30. The smallest absolute Gasteiger partial charge is 0.228 e. The molecular weight excluding hydrogens is 1580 g/mol. The Morgan fingerprint density at radius 1 is 0.282 bits per heavy atom. The van der Waals surface area contributed by atoms with Gasteiger partial charge in [-0.05, 0) is 93.3 Å². The molecule has 10 atom stereocenters. The Bertz CT molecular complexity index is 5390. The maximum atomic E-state index is 13.1. The number of allylic oxidation sites excluding steroid dienone is 5. The number of unbranched alkanes of at least 4 members (excludes halogenated alkanes) is 1. The minimum atomic E-state index is -1.00. The van der Waals surface area contributed by atoms with E-state index in [1.54, 1.807) is 203 Å². The summed E-state index contributed by atoms with van der Waals surface area (Å²) in [4.78, 5) is 129. The summed E-state index contributed by atoms with van der Waals surface area (Å²) < 4.78 is 28.9. The predicted molar refractivity (Wildman–Crippen MR) is 461 cm³/mol. The van der Waals surface area contributed by atoms with Crippen LogP contribution in [0.25, 0.3) is 0 Å². The van der Waals surface area contributed by atoms with Crippen molar-refractivity contribution in [1.29, 1.82) is 0 Å². The fourth-order valence-electron chi connectivity index (χ4n) is 16.8. The molecule has 0 fully saturated rings. The first kappa shape index (κ1) is 89.8. The second-order valence-electron chi connectivity index (χ2n) is 34.3. The quantitative estimate of drug-likeness (QED) is 0.0317. The van der Waals surface area contributed by atoms with Crippen LogP contribution in [0.5, 0.6) is 0 Å². The van der Waals surface area contributed by atoms with E-state index in [0.717, 1.165) is 24.0 Å². The van der Waals surface area contributed by atoms with Crippen molar-refractivity contribution < 1.29 is 97.2 Å². The number of ether oxygens (including phenoxy) is 5. The summed E-state index contributed by atoms with van der Waals surface area (Å²) in [6, 6.07) is 49.6. The first-order valence-electron chi connectivity index (χ1n) is 41.4. The molecule has 0 bridgehead atoms. The van der Waals surface area contributed by atoms with Gasteiger partial charge in [-0.3, -0.25) is 47.9 Å². The highest BCUT2D eigenvalue weighted by atomic mass is 16.5. The van der Waals surface area contributed by atoms with E-state index in [4.69, 9.17) is 23.7 Å². The second kappa shape index (κ2) is 36.1. The molecule has 0 radical (unpaired) electrons. The minimum Gasteiger partial charge on any atom is -0.480 e. The van der Waals surface area contributed by atoms with Crippen LogP contribution >= 0.6 is 0 Å². The fraction of sp³-hybridized carbons (Fsp3) is 0.333. The van der Waals surface area contributed by atoms with Gasteiger partial charge in [0.05, 0.1) is 58.1 Å². The number of aliphatic hydroxyl groups excluding tert-OH is 5. The van der Waals surface area contributed by atoms with Crippen molar-refractivity contribution in [2.45, 2.75) is 191 Å². The van der Waals surface area contributed by atoms with Crippen LogP contribution in [0, 0.1) is 0 Å². The Morgan fingerprint density at radius 2 is 0.468 bits per heavy atom. The predicted octanol–water partition coefficient (Wildman–Crippen LogP) is 10.8. The summed E-state index contributed by atoms with van der Waals surface area (Å²) in [6.45, 7) is 28.8. The van der Waals surface area contributed by atoms with Crippen LogP contribution < -0.4 is 26.6 Å². The molecule has 10 aliphatic rings. The summed E-state index contributed by atoms with van der Waals surface area (Å²) in [5, 5.41) is 69.6. The zero-order chi connectivity index (χ0) is 89.4. The van der Waals surface area contributed by atoms with Gasteiger partial charge in [-0.2, -0.15) is 0 Å². The van der Waals surface area contributed by atoms with Crippen molar-refractivity contribution in [3.8, 4) is 0 Å². The van der Waals surface area contributed by atoms with Crippen molar-refractivity contribution >= 4 is 57.8 Å². The molecule has 5 aliphatic heterocycles. The van der Waals surface area contributed by atoms with Gasteiger partial charge in [-0.1, -0.05) is 207 Å². The van der Waals surface area contributed by atoms with E-state index in [2.05, 4.69) is 46.7 Å². The topological polar surface area (TPSA) is 378 Å². The van der Waals surface area contributed by atoms with E-state index in [1.165, 1.54) is 0 Å². The van der Waals surface area contributed by atoms with Crippen LogP contribution in [-0.4, -0.2) is 192 Å². The van der Waals surface area contributed by atoms with E-state index in [9.17, 15) is 73.5 Å². The number of rotatable bonds is 16. The molecule has 17 rings (SSSR count). The molecule has 0 aromatic heterocycles. The molecule has 25 heteroatoms. The largest absolute Gasteiger partial charge is 0.480 e. The van der Waals surface area contributed by atoms with E-state index >= 15 is 0 Å². The second-order valence-corrected chi connectivity index (χ2v) is 34.3. The molecule has 0 amide bonds. The van der Waals surface area contributed by atoms with E-state index in [-0.39, 0.29) is 114 Å². The lowest BCUT2D eigenvalue weighted by Crippen LogP contribution is -2.59. The molecule has 5 aliphatic carbocycles. The number of carbonyl (C=O) groups is 10. The molecule has 644 valence electrons. The number of ketones is 10. The van der Waals surface area contributed by atoms with Gasteiger partial charge in [0.15, 0.2) is 57.7 Å². The maximum absolute atomic E-state index is 13.1. The van der Waals surface area contributed by atoms with Crippen molar-refractivity contribution in [2.75, 3.05) is 19.6 Å². The van der Waals surface area contributed by atoms with Gasteiger partial charge in [-0.15, -0.1) is 13.2 Å². The highest BCUT2D eigenvalue weighted by Gasteiger charge is 2.56. The standard InChI is InChI=1S/2C22H21NO4.C19H23NO4.2C18H19NO4/c2*1-22(2)21(26)17(23-12-13-8-4-3-5-9-13)16-18(24)14-10-6-7-11-15(14)19(25)20(16)27-22;1-4-5-10-20-14-13-15(21)11-8-6-7-9-12(11)16(22)17(13)24-19(2,3)18(14)23;2*1-4-9-19-13-12-14(20)10-7-5-6-8-11(10)15(21)16(12)23-18(2,3)17(13)22/h2*3-11,17,21,23,26H,12H2,1-2H3;6-9,14,18,20,23H,4-5,10H2,1-3H3;2*4-8,13,17,19,22H,1,9H2,2-3H3/t17-,21+;17-,21-;14-,18-;13-,17+;13-,17-/m00000/s1. The molecule has 124 heavy (non-hydrogen) atoms. The average Bonchev–Trinajstić information content (AvgIpc) is 0.754. The Labute approximate surface area is 719 Å². The molecule has 7 aromatic rings. The maximum Gasteiger partial charge on any atom is 0.228 e. The van der Waals surface area contributed by atoms with Crippen LogP contribution in [0.1, 0.15) is 204 Å². The number of nitrogens with one attached hydrogen (secondary N) is 5. The number of fused-ring (bicyclic) bond motifs is 5. The summed E-state index contributed by atoms with van der Waals surface area (Å²) in [5.41, 5.74) is 1.66. The van der Waals surface area contributed by atoms with Crippen molar-refractivity contribution in [3.05, 3.63) is 331 Å². The van der Waals surface area contributed by atoms with E-state index in [1.807, 2.05) is 60.7 Å². The van der Waals surface area contributed by atoms with Gasteiger partial charge in [0.1, 0.15) is 58.5 Å². The highest BCUT2D eigenvalue weighted by Crippen LogP contribution is 2.45. The van der Waals surface area contributed by atoms with Crippen molar-refractivity contribution in [2.24, 2.45) is 0 Å². The van der Waals surface area contributed by atoms with Crippen LogP contribution in [0.3, 0.4) is 0 Å². The fourth-order valence-corrected chi connectivity index (χ4v) is 16.8. The molecule has 0 saturated heterocycles. The molecule has 0 saturated carbocycles. The Kier molecular flexibility index (Phi) is 26.1. The molecular formula is C99H103N5O20. The summed E-state index contributed by atoms with van der Waals surface area (Å²) in [5.74, 6) is -2.71. The molecule has 0 unspecified atom stereocenters. The SMILES string of the molecule is C=CCN[C@H]1C2=C(OC(C)(C)[C@@H]1O)C(=O)c1ccccc1C2=O.C=CCN[C@H]1C2=C(OC(C)(C)[C@H]1O)C(=O)c1ccccc1C2=O.CC1(C)OC2=C(C(=O)c3ccccc3C2=O)[C@H](NCc2ccccc2)[C@@H]1O.CC1(C)OC2=C(C(=O)c3ccccc3C2=O)[C@H](NCc2ccccc2)[C@H]1O.CCCCN[C@H]1C2=C(OC(C)(C)[C@H]1O)C(=O)c1ccccc1C2=O. The number of hydrogen-bond donors (Lipinski definition) is 10. The average molecular weight is 1680 g/mol. The van der Waals surface area contributed by atoms with Gasteiger partial charge >= 0.3 is 0 Å². The number of Topliss-reactive ketones (excluding diaryl/α,β-unsaturated/α-hetero) is 10. The number of hydrogen-bond acceptors (Lipinski definition) is 25. The third kappa shape index (κ3) is 17.0. The zero-order valence-corrected chi connectivity index (χ0v) is 71.0. The Hall–Kier alpha value is -12.0. The molecule has 10 N–H and O–H groups in total. The molecule has 5 heterocycles. The summed E-state index contributed by atoms with van der Waals surface area (Å²) in [7, 11) is 0. The third-order valence-electron chi connectivity index (χ3n) is 23.7. The number of carbonyl (C=O) groups excluding carboxylic acids is 10. The lowest BCUT2D eigenvalue weighted by atomic mass is 9.78. The first-order chi connectivity index (χ1) is 58.9. The van der Waals surface area contributed by atoms with Crippen LogP contribution in [0.2, 0.25) is 0 Å². The Morgan fingerprint density at radius 3 is 0.669 bits per heavy atom. The van der Waals surface area contributed by atoms with Gasteiger partial charge in [0, 0.05) is 81.8 Å². The monoisotopic (exact) mass is 1680 g/mol. The lowest BCUT2D eigenvalue weighted by molar-refractivity contribution is -0.0923. The van der Waals surface area contributed by atoms with Gasteiger partial charge in [0.2, 0.25) is 28.9 Å². The Balaban J connectivity index is 0.000000133. The summed E-state index contributed by atoms with van der Waals surface area (Å²) in [6.07, 6.45) is 0.366. The normalized spacial score (nSPS) is 24.6. The lowest BCUT2D eigenvalue weighted by Gasteiger charge is -2.44.